The zero-order valence-corrected chi connectivity index (χ0v) is 13.2. The van der Waals surface area contributed by atoms with Crippen molar-refractivity contribution in [3.05, 3.63) is 24.3 Å². The highest BCUT2D eigenvalue weighted by atomic mass is 16.2. The number of hydrogen-bond donors (Lipinski definition) is 1. The number of benzene rings is 1. The van der Waals surface area contributed by atoms with Crippen LogP contribution < -0.4 is 15.1 Å². The van der Waals surface area contributed by atoms with Gasteiger partial charge in [-0.05, 0) is 24.6 Å². The van der Waals surface area contributed by atoms with Gasteiger partial charge in [-0.1, -0.05) is 6.07 Å². The Bertz CT molecular complexity index is 634. The second-order valence-corrected chi connectivity index (χ2v) is 6.12. The maximum atomic E-state index is 12.0. The van der Waals surface area contributed by atoms with Crippen molar-refractivity contribution in [1.29, 1.82) is 0 Å². The minimum absolute atomic E-state index is 0.202. The summed E-state index contributed by atoms with van der Waals surface area (Å²) in [7, 11) is 1.87. The van der Waals surface area contributed by atoms with Crippen molar-refractivity contribution in [2.45, 2.75) is 31.7 Å². The van der Waals surface area contributed by atoms with Gasteiger partial charge >= 0.3 is 0 Å². The van der Waals surface area contributed by atoms with Crippen molar-refractivity contribution in [2.75, 3.05) is 29.9 Å². The molecule has 2 fully saturated rings. The third-order valence-corrected chi connectivity index (χ3v) is 4.60. The van der Waals surface area contributed by atoms with Gasteiger partial charge in [0.1, 0.15) is 11.8 Å². The molecule has 1 atom stereocenters. The summed E-state index contributed by atoms with van der Waals surface area (Å²) < 4.78 is 0. The monoisotopic (exact) mass is 315 g/mol. The molecule has 0 aromatic heterocycles. The Balaban J connectivity index is 1.75. The second kappa shape index (κ2) is 6.40. The standard InChI is InChI=1S/C17H21N3O3/c1-19(15-5-6-16(22)18-17(15)23)12-3-2-4-13(11-12)20-9-7-14(21)8-10-20/h2-4,11,15H,5-10H2,1H3,(H,18,22,23). The number of carbonyl (C=O) groups is 3. The molecule has 23 heavy (non-hydrogen) atoms. The fourth-order valence-electron chi connectivity index (χ4n) is 3.16. The third-order valence-electron chi connectivity index (χ3n) is 4.60. The molecule has 0 bridgehead atoms. The van der Waals surface area contributed by atoms with Crippen LogP contribution in [0.3, 0.4) is 0 Å². The lowest BCUT2D eigenvalue weighted by molar-refractivity contribution is -0.134. The van der Waals surface area contributed by atoms with E-state index in [1.807, 2.05) is 36.2 Å². The summed E-state index contributed by atoms with van der Waals surface area (Å²) >= 11 is 0. The lowest BCUT2D eigenvalue weighted by Gasteiger charge is -2.33. The van der Waals surface area contributed by atoms with Crippen molar-refractivity contribution >= 4 is 29.0 Å². The molecule has 6 heteroatoms. The minimum atomic E-state index is -0.328. The van der Waals surface area contributed by atoms with Gasteiger partial charge in [0.25, 0.3) is 0 Å². The lowest BCUT2D eigenvalue weighted by atomic mass is 10.0. The van der Waals surface area contributed by atoms with E-state index in [0.29, 0.717) is 31.5 Å². The van der Waals surface area contributed by atoms with E-state index in [2.05, 4.69) is 10.2 Å². The highest BCUT2D eigenvalue weighted by molar-refractivity contribution is 6.01. The molecule has 0 saturated carbocycles. The van der Waals surface area contributed by atoms with E-state index in [-0.39, 0.29) is 17.9 Å². The van der Waals surface area contributed by atoms with Crippen LogP contribution in [0.15, 0.2) is 24.3 Å². The van der Waals surface area contributed by atoms with Crippen LogP contribution in [-0.2, 0) is 14.4 Å². The van der Waals surface area contributed by atoms with Crippen molar-refractivity contribution < 1.29 is 14.4 Å². The normalized spacial score (nSPS) is 22.0. The molecule has 2 aliphatic heterocycles. The van der Waals surface area contributed by atoms with Gasteiger partial charge < -0.3 is 9.80 Å². The topological polar surface area (TPSA) is 69.7 Å². The van der Waals surface area contributed by atoms with Crippen LogP contribution >= 0.6 is 0 Å². The molecule has 0 radical (unpaired) electrons. The lowest BCUT2D eigenvalue weighted by Crippen LogP contribution is -2.51. The van der Waals surface area contributed by atoms with Crippen LogP contribution in [0.1, 0.15) is 25.7 Å². The zero-order valence-electron chi connectivity index (χ0n) is 13.2. The summed E-state index contributed by atoms with van der Waals surface area (Å²) in [6.07, 6.45) is 2.08. The summed E-state index contributed by atoms with van der Waals surface area (Å²) in [5, 5.41) is 2.40. The van der Waals surface area contributed by atoms with Gasteiger partial charge in [-0.25, -0.2) is 0 Å². The van der Waals surface area contributed by atoms with Crippen molar-refractivity contribution in [3.8, 4) is 0 Å². The van der Waals surface area contributed by atoms with Crippen molar-refractivity contribution in [3.63, 3.8) is 0 Å². The molecule has 2 saturated heterocycles. The Kier molecular flexibility index (Phi) is 4.32. The highest BCUT2D eigenvalue weighted by Gasteiger charge is 2.30. The predicted molar refractivity (Wildman–Crippen MR) is 87.5 cm³/mol. The Morgan fingerprint density at radius 1 is 1.13 bits per heavy atom. The van der Waals surface area contributed by atoms with Crippen LogP contribution in [0.2, 0.25) is 0 Å². The van der Waals surface area contributed by atoms with Crippen molar-refractivity contribution in [2.24, 2.45) is 0 Å². The van der Waals surface area contributed by atoms with E-state index >= 15 is 0 Å². The third kappa shape index (κ3) is 3.36. The van der Waals surface area contributed by atoms with Crippen LogP contribution in [0.25, 0.3) is 0 Å². The number of nitrogens with one attached hydrogen (secondary N) is 1. The molecule has 2 heterocycles. The molecule has 122 valence electrons. The number of rotatable bonds is 3. The van der Waals surface area contributed by atoms with Gasteiger partial charge in [0, 0.05) is 50.8 Å². The first-order chi connectivity index (χ1) is 11.0. The largest absolute Gasteiger partial charge is 0.371 e. The maximum absolute atomic E-state index is 12.0. The molecule has 1 aromatic rings. The summed E-state index contributed by atoms with van der Waals surface area (Å²) in [5.74, 6) is -0.123. The Labute approximate surface area is 135 Å². The molecular formula is C17H21N3O3. The van der Waals surface area contributed by atoms with Gasteiger partial charge in [-0.2, -0.15) is 0 Å². The molecule has 0 spiro atoms. The number of hydrogen-bond acceptors (Lipinski definition) is 5. The van der Waals surface area contributed by atoms with E-state index < -0.39 is 0 Å². The van der Waals surface area contributed by atoms with E-state index in [1.54, 1.807) is 0 Å². The van der Waals surface area contributed by atoms with Crippen LogP contribution in [0.4, 0.5) is 11.4 Å². The molecule has 0 aliphatic carbocycles. The number of carbonyl (C=O) groups excluding carboxylic acids is 3. The molecule has 2 aliphatic rings. The summed E-state index contributed by atoms with van der Waals surface area (Å²) in [5.41, 5.74) is 2.00. The summed E-state index contributed by atoms with van der Waals surface area (Å²) in [6.45, 7) is 1.48. The van der Waals surface area contributed by atoms with E-state index in [1.165, 1.54) is 0 Å². The van der Waals surface area contributed by atoms with E-state index in [0.717, 1.165) is 24.5 Å². The van der Waals surface area contributed by atoms with Gasteiger partial charge in [0.2, 0.25) is 11.8 Å². The smallest absolute Gasteiger partial charge is 0.249 e. The average Bonchev–Trinajstić information content (AvgIpc) is 2.55. The molecule has 1 N–H and O–H groups in total. The Morgan fingerprint density at radius 2 is 1.87 bits per heavy atom. The first-order valence-corrected chi connectivity index (χ1v) is 7.98. The Hall–Kier alpha value is -2.37. The van der Waals surface area contributed by atoms with Gasteiger partial charge in [-0.15, -0.1) is 0 Å². The second-order valence-electron chi connectivity index (χ2n) is 6.12. The van der Waals surface area contributed by atoms with Crippen molar-refractivity contribution in [1.82, 2.24) is 5.32 Å². The fourth-order valence-corrected chi connectivity index (χ4v) is 3.16. The minimum Gasteiger partial charge on any atom is -0.371 e. The average molecular weight is 315 g/mol. The number of likely N-dealkylation sites (N-methyl/N-ethyl adjacent to an activating group) is 1. The number of Topliss-reactive ketones (excluding diaryl/α,β-unsaturated/α-hetero) is 1. The fraction of sp³-hybridized carbons (Fsp3) is 0.471. The molecule has 1 unspecified atom stereocenters. The number of amides is 2. The van der Waals surface area contributed by atoms with Crippen LogP contribution in [0.5, 0.6) is 0 Å². The number of piperidine rings is 2. The SMILES string of the molecule is CN(c1cccc(N2CCC(=O)CC2)c1)C1CCC(=O)NC1=O. The molecule has 6 nitrogen and oxygen atoms in total. The van der Waals surface area contributed by atoms with Gasteiger partial charge in [-0.3, -0.25) is 19.7 Å². The van der Waals surface area contributed by atoms with E-state index in [4.69, 9.17) is 0 Å². The molecule has 2 amide bonds. The first-order valence-electron chi connectivity index (χ1n) is 7.98. The molecule has 1 aromatic carbocycles. The first kappa shape index (κ1) is 15.5. The Morgan fingerprint density at radius 3 is 2.57 bits per heavy atom. The molecule has 3 rings (SSSR count). The van der Waals surface area contributed by atoms with Gasteiger partial charge in [0.05, 0.1) is 0 Å². The molecular weight excluding hydrogens is 294 g/mol. The number of ketones is 1. The summed E-state index contributed by atoms with van der Waals surface area (Å²) in [6, 6.07) is 7.66. The van der Waals surface area contributed by atoms with Crippen LogP contribution in [0, 0.1) is 0 Å². The van der Waals surface area contributed by atoms with Crippen LogP contribution in [-0.4, -0.2) is 43.8 Å². The zero-order chi connectivity index (χ0) is 16.4. The maximum Gasteiger partial charge on any atom is 0.249 e. The van der Waals surface area contributed by atoms with Gasteiger partial charge in [0.15, 0.2) is 0 Å². The predicted octanol–water partition coefficient (Wildman–Crippen LogP) is 1.10. The quantitative estimate of drug-likeness (QED) is 0.846. The number of nitrogens with zero attached hydrogens (tertiary/aromatic N) is 2. The number of anilines is 2. The summed E-state index contributed by atoms with van der Waals surface area (Å²) in [4.78, 5) is 38.8. The number of imide groups is 1. The van der Waals surface area contributed by atoms with E-state index in [9.17, 15) is 14.4 Å². The highest BCUT2D eigenvalue weighted by Crippen LogP contribution is 2.26.